The fourth-order valence-electron chi connectivity index (χ4n) is 4.75. The molecule has 33 heavy (non-hydrogen) atoms. The number of aryl methyl sites for hydroxylation is 2. The maximum atomic E-state index is 4.74. The Hall–Kier alpha value is -4.03. The van der Waals surface area contributed by atoms with Crippen LogP contribution in [0, 0.1) is 13.8 Å². The van der Waals surface area contributed by atoms with E-state index in [1.165, 1.54) is 36.7 Å². The van der Waals surface area contributed by atoms with E-state index < -0.39 is 0 Å². The van der Waals surface area contributed by atoms with Crippen LogP contribution in [0.1, 0.15) is 11.6 Å². The van der Waals surface area contributed by atoms with Crippen LogP contribution in [0.4, 0.5) is 0 Å². The molecule has 0 aliphatic carbocycles. The van der Waals surface area contributed by atoms with Gasteiger partial charge in [-0.2, -0.15) is 0 Å². The average Bonchev–Trinajstić information content (AvgIpc) is 3.56. The molecule has 3 aromatic carbocycles. The van der Waals surface area contributed by atoms with Crippen LogP contribution in [0.5, 0.6) is 0 Å². The van der Waals surface area contributed by atoms with Crippen molar-refractivity contribution in [3.63, 3.8) is 0 Å². The Bertz CT molecular complexity index is 1850. The van der Waals surface area contributed by atoms with E-state index in [1.807, 2.05) is 43.8 Å². The standard InChI is InChI=1S/C27H19N5S/c1-14-29-13-23(30-14)16-3-4-18-11-25(33-24(18)10-16)17-5-6-20-21(9-17)19-7-8-28-12-22(19)27-26(20)31-15(2)32-27/h3-13H,1-2H3,(H,29,30)(H,31,32). The number of fused-ring (bicyclic) bond motifs is 7. The van der Waals surface area contributed by atoms with Crippen molar-refractivity contribution in [3.05, 3.63) is 78.8 Å². The summed E-state index contributed by atoms with van der Waals surface area (Å²) >= 11 is 1.82. The number of hydrogen-bond acceptors (Lipinski definition) is 4. The van der Waals surface area contributed by atoms with Crippen LogP contribution in [-0.4, -0.2) is 24.9 Å². The van der Waals surface area contributed by atoms with Crippen LogP contribution in [-0.2, 0) is 0 Å². The quantitative estimate of drug-likeness (QED) is 0.278. The van der Waals surface area contributed by atoms with Gasteiger partial charge in [0.2, 0.25) is 0 Å². The number of nitrogens with one attached hydrogen (secondary N) is 2. The minimum absolute atomic E-state index is 0.916. The molecule has 0 saturated heterocycles. The van der Waals surface area contributed by atoms with Gasteiger partial charge in [-0.15, -0.1) is 11.3 Å². The number of imidazole rings is 2. The van der Waals surface area contributed by atoms with E-state index in [9.17, 15) is 0 Å². The highest BCUT2D eigenvalue weighted by atomic mass is 32.1. The molecule has 0 amide bonds. The van der Waals surface area contributed by atoms with E-state index in [2.05, 4.69) is 68.5 Å². The lowest BCUT2D eigenvalue weighted by Gasteiger charge is -2.07. The van der Waals surface area contributed by atoms with Gasteiger partial charge in [0.15, 0.2) is 0 Å². The van der Waals surface area contributed by atoms with Gasteiger partial charge >= 0.3 is 0 Å². The van der Waals surface area contributed by atoms with Gasteiger partial charge in [0.25, 0.3) is 0 Å². The SMILES string of the molecule is Cc1ncc(-c2ccc3cc(-c4ccc5c(c4)c4ccncc4c4nc(C)[nH]c54)sc3c2)[nH]1. The highest BCUT2D eigenvalue weighted by Crippen LogP contribution is 2.39. The molecular formula is C27H19N5S. The van der Waals surface area contributed by atoms with Gasteiger partial charge in [-0.3, -0.25) is 4.98 Å². The zero-order valence-corrected chi connectivity index (χ0v) is 18.9. The van der Waals surface area contributed by atoms with Crippen LogP contribution in [0.2, 0.25) is 0 Å². The van der Waals surface area contributed by atoms with Gasteiger partial charge in [0.1, 0.15) is 11.6 Å². The van der Waals surface area contributed by atoms with Gasteiger partial charge in [0, 0.05) is 38.3 Å². The summed E-state index contributed by atoms with van der Waals surface area (Å²) in [4.78, 5) is 21.5. The van der Waals surface area contributed by atoms with Gasteiger partial charge < -0.3 is 9.97 Å². The maximum Gasteiger partial charge on any atom is 0.104 e. The van der Waals surface area contributed by atoms with Gasteiger partial charge in [0.05, 0.1) is 22.9 Å². The second-order valence-corrected chi connectivity index (χ2v) is 9.56. The second kappa shape index (κ2) is 6.73. The summed E-state index contributed by atoms with van der Waals surface area (Å²) in [7, 11) is 0. The van der Waals surface area contributed by atoms with Crippen molar-refractivity contribution in [2.75, 3.05) is 0 Å². The molecule has 0 spiro atoms. The summed E-state index contributed by atoms with van der Waals surface area (Å²) in [6.07, 6.45) is 5.67. The number of hydrogen-bond donors (Lipinski definition) is 2. The first-order chi connectivity index (χ1) is 16.1. The van der Waals surface area contributed by atoms with E-state index in [0.29, 0.717) is 0 Å². The summed E-state index contributed by atoms with van der Waals surface area (Å²) < 4.78 is 1.27. The molecule has 0 bridgehead atoms. The zero-order chi connectivity index (χ0) is 22.1. The fourth-order valence-corrected chi connectivity index (χ4v) is 5.84. The van der Waals surface area contributed by atoms with Crippen LogP contribution in [0.15, 0.2) is 67.1 Å². The lowest BCUT2D eigenvalue weighted by molar-refractivity contribution is 1.15. The Morgan fingerprint density at radius 1 is 0.758 bits per heavy atom. The fraction of sp³-hybridized carbons (Fsp3) is 0.0741. The van der Waals surface area contributed by atoms with E-state index >= 15 is 0 Å². The lowest BCUT2D eigenvalue weighted by Crippen LogP contribution is -1.84. The van der Waals surface area contributed by atoms with Crippen LogP contribution in [0.3, 0.4) is 0 Å². The molecule has 2 N–H and O–H groups in total. The van der Waals surface area contributed by atoms with Crippen molar-refractivity contribution < 1.29 is 0 Å². The van der Waals surface area contributed by atoms with Crippen molar-refractivity contribution >= 4 is 54.0 Å². The third kappa shape index (κ3) is 2.81. The summed E-state index contributed by atoms with van der Waals surface area (Å²) in [6.45, 7) is 3.97. The monoisotopic (exact) mass is 445 g/mol. The zero-order valence-electron chi connectivity index (χ0n) is 18.1. The molecule has 0 radical (unpaired) electrons. The minimum Gasteiger partial charge on any atom is -0.342 e. The topological polar surface area (TPSA) is 70.2 Å². The maximum absolute atomic E-state index is 4.74. The normalized spacial score (nSPS) is 11.9. The first kappa shape index (κ1) is 18.5. The van der Waals surface area contributed by atoms with Crippen molar-refractivity contribution in [3.8, 4) is 21.7 Å². The second-order valence-electron chi connectivity index (χ2n) is 8.47. The Balaban J connectivity index is 1.43. The Morgan fingerprint density at radius 2 is 1.67 bits per heavy atom. The molecule has 5 nitrogen and oxygen atoms in total. The largest absolute Gasteiger partial charge is 0.342 e. The lowest BCUT2D eigenvalue weighted by atomic mass is 9.99. The predicted octanol–water partition coefficient (Wildman–Crippen LogP) is 7.15. The average molecular weight is 446 g/mol. The summed E-state index contributed by atoms with van der Waals surface area (Å²) in [6, 6.07) is 17.7. The molecule has 4 heterocycles. The molecule has 0 aliphatic rings. The molecule has 0 saturated carbocycles. The number of nitrogens with zero attached hydrogens (tertiary/aromatic N) is 3. The van der Waals surface area contributed by atoms with E-state index in [1.54, 1.807) is 0 Å². The number of aromatic amines is 2. The van der Waals surface area contributed by atoms with E-state index in [0.717, 1.165) is 39.3 Å². The highest BCUT2D eigenvalue weighted by molar-refractivity contribution is 7.22. The molecule has 7 rings (SSSR count). The summed E-state index contributed by atoms with van der Waals surface area (Å²) in [5.74, 6) is 1.84. The number of rotatable bonds is 2. The number of pyridine rings is 1. The molecule has 6 heteroatoms. The number of benzene rings is 3. The van der Waals surface area contributed by atoms with Gasteiger partial charge in [-0.1, -0.05) is 24.3 Å². The Kier molecular flexibility index (Phi) is 3.78. The molecule has 4 aromatic heterocycles. The Labute approximate surface area is 193 Å². The Morgan fingerprint density at radius 3 is 2.55 bits per heavy atom. The number of aromatic nitrogens is 5. The predicted molar refractivity (Wildman–Crippen MR) is 137 cm³/mol. The molecule has 7 aromatic rings. The first-order valence-electron chi connectivity index (χ1n) is 10.9. The van der Waals surface area contributed by atoms with Crippen molar-refractivity contribution in [2.45, 2.75) is 13.8 Å². The van der Waals surface area contributed by atoms with E-state index in [-0.39, 0.29) is 0 Å². The highest BCUT2D eigenvalue weighted by Gasteiger charge is 2.14. The molecule has 158 valence electrons. The van der Waals surface area contributed by atoms with Gasteiger partial charge in [-0.25, -0.2) is 9.97 Å². The van der Waals surface area contributed by atoms with Crippen molar-refractivity contribution in [1.29, 1.82) is 0 Å². The van der Waals surface area contributed by atoms with Crippen LogP contribution in [0.25, 0.3) is 64.4 Å². The van der Waals surface area contributed by atoms with E-state index in [4.69, 9.17) is 4.98 Å². The van der Waals surface area contributed by atoms with Gasteiger partial charge in [-0.05, 0) is 59.8 Å². The third-order valence-electron chi connectivity index (χ3n) is 6.30. The number of H-pyrrole nitrogens is 2. The number of thiophene rings is 1. The molecule has 0 atom stereocenters. The molecule has 0 aliphatic heterocycles. The molecule has 0 fully saturated rings. The summed E-state index contributed by atoms with van der Waals surface area (Å²) in [5, 5.41) is 5.91. The van der Waals surface area contributed by atoms with Crippen molar-refractivity contribution in [2.24, 2.45) is 0 Å². The minimum atomic E-state index is 0.916. The molecule has 0 unspecified atom stereocenters. The first-order valence-corrected chi connectivity index (χ1v) is 11.7. The van der Waals surface area contributed by atoms with Crippen LogP contribution >= 0.6 is 11.3 Å². The summed E-state index contributed by atoms with van der Waals surface area (Å²) in [5.41, 5.74) is 5.49. The van der Waals surface area contributed by atoms with Crippen molar-refractivity contribution in [1.82, 2.24) is 24.9 Å². The molecular weight excluding hydrogens is 426 g/mol. The third-order valence-corrected chi connectivity index (χ3v) is 7.44. The smallest absolute Gasteiger partial charge is 0.104 e. The van der Waals surface area contributed by atoms with Crippen LogP contribution < -0.4 is 0 Å².